The molecular weight excluding hydrogens is 490 g/mol. The van der Waals surface area contributed by atoms with Crippen LogP contribution in [0.25, 0.3) is 0 Å². The maximum Gasteiger partial charge on any atom is 0.176 e. The Kier molecular flexibility index (Phi) is 11.8. The summed E-state index contributed by atoms with van der Waals surface area (Å²) in [5, 5.41) is 51.2. The molecule has 0 spiro atoms. The number of methoxy groups -OCH3 is 2. The summed E-state index contributed by atoms with van der Waals surface area (Å²) in [4.78, 5) is 0. The minimum absolute atomic E-state index is 0. The van der Waals surface area contributed by atoms with Crippen molar-refractivity contribution >= 4 is 0 Å². The average Bonchev–Trinajstić information content (AvgIpc) is 2.85. The normalized spacial score (nSPS) is 49.9. The van der Waals surface area contributed by atoms with Gasteiger partial charge in [0.2, 0.25) is 0 Å². The quantitative estimate of drug-likeness (QED) is 0.145. The van der Waals surface area contributed by atoms with Crippen LogP contribution in [0, 0.1) is 0 Å². The van der Waals surface area contributed by atoms with Gasteiger partial charge in [-0.3, -0.25) is 0 Å². The predicted octanol–water partition coefficient (Wildman–Crippen LogP) is -6.16. The minimum Gasteiger partial charge on any atom is -0.412 e. The Morgan fingerprint density at radius 1 is 0.639 bits per heavy atom. The van der Waals surface area contributed by atoms with Crippen molar-refractivity contribution in [2.75, 3.05) is 27.4 Å². The second kappa shape index (κ2) is 13.4. The molecule has 0 saturated carbocycles. The van der Waals surface area contributed by atoms with Gasteiger partial charge in [0, 0.05) is 14.2 Å². The molecule has 3 rings (SSSR count). The smallest absolute Gasteiger partial charge is 0.176 e. The fourth-order valence-corrected chi connectivity index (χ4v) is 4.63. The van der Waals surface area contributed by atoms with Gasteiger partial charge in [0.05, 0.1) is 37.4 Å². The van der Waals surface area contributed by atoms with E-state index in [9.17, 15) is 25.5 Å². The molecule has 15 atom stereocenters. The van der Waals surface area contributed by atoms with Crippen LogP contribution in [0.1, 0.15) is 6.92 Å². The molecule has 3 heterocycles. The van der Waals surface area contributed by atoms with Crippen LogP contribution in [0.15, 0.2) is 0 Å². The maximum atomic E-state index is 10.9. The summed E-state index contributed by atoms with van der Waals surface area (Å²) >= 11 is 0. The molecule has 3 aliphatic heterocycles. The van der Waals surface area contributed by atoms with E-state index in [1.807, 2.05) is 0 Å². The highest BCUT2D eigenvalue weighted by atomic mass is 16.7. The second-order valence-corrected chi connectivity index (χ2v) is 9.00. The first-order valence-electron chi connectivity index (χ1n) is 11.4. The van der Waals surface area contributed by atoms with Crippen LogP contribution < -0.4 is 17.2 Å². The summed E-state index contributed by atoms with van der Waals surface area (Å²) < 4.78 is 38.9. The second-order valence-electron chi connectivity index (χ2n) is 9.00. The standard InChI is InChI=1S/C20H39N3O12.H2O/c1-6-15(34-20-11(23)13(27)16(29-2)7(4-24)33-20)12(26)10(22)19(31-6)35-17-8(5-25)32-18(30-3)9(21)14(17)28;/h6-20,24-28H,4-5,21-23H2,1-3H3;1H2/t6?,7?,8?,9?,10?,11?,12?,13?,14?,15-,16-,17-,18-,19?,20+;/m1./s1. The van der Waals surface area contributed by atoms with Crippen LogP contribution >= 0.6 is 0 Å². The summed E-state index contributed by atoms with van der Waals surface area (Å²) in [5.74, 6) is 0. The third-order valence-electron chi connectivity index (χ3n) is 6.74. The van der Waals surface area contributed by atoms with E-state index in [2.05, 4.69) is 0 Å². The van der Waals surface area contributed by atoms with Crippen LogP contribution in [-0.4, -0.2) is 150 Å². The van der Waals surface area contributed by atoms with E-state index in [0.717, 1.165) is 0 Å². The lowest BCUT2D eigenvalue weighted by Crippen LogP contribution is -2.68. The Balaban J connectivity index is 0.00000456. The van der Waals surface area contributed by atoms with Gasteiger partial charge in [-0.2, -0.15) is 0 Å². The van der Waals surface area contributed by atoms with Crippen LogP contribution in [0.5, 0.6) is 0 Å². The van der Waals surface area contributed by atoms with Crippen molar-refractivity contribution in [2.24, 2.45) is 17.2 Å². The van der Waals surface area contributed by atoms with E-state index in [1.165, 1.54) is 14.2 Å². The SMILES string of the molecule is CO[C@@H]1OC(CO)[C@@H](OC2OC(C)[C@@H](O[C@@H]3OC(CO)[C@@H](OC)C(O)C3N)C(O)C2N)C(O)C1N.O. The van der Waals surface area contributed by atoms with Crippen molar-refractivity contribution in [1.82, 2.24) is 0 Å². The summed E-state index contributed by atoms with van der Waals surface area (Å²) in [6.07, 6.45) is -13.0. The first-order valence-corrected chi connectivity index (χ1v) is 11.4. The molecule has 3 saturated heterocycles. The molecule has 0 aliphatic carbocycles. The third kappa shape index (κ3) is 6.15. The number of aliphatic hydroxyl groups excluding tert-OH is 5. The number of hydrogen-bond acceptors (Lipinski definition) is 15. The zero-order valence-electron chi connectivity index (χ0n) is 20.4. The highest BCUT2D eigenvalue weighted by Gasteiger charge is 2.51. The molecule has 16 heteroatoms. The molecule has 0 aromatic carbocycles. The summed E-state index contributed by atoms with van der Waals surface area (Å²) in [5.41, 5.74) is 18.2. The van der Waals surface area contributed by atoms with Crippen LogP contribution in [0.4, 0.5) is 0 Å². The van der Waals surface area contributed by atoms with Gasteiger partial charge in [0.15, 0.2) is 18.9 Å². The molecule has 3 aliphatic rings. The molecule has 0 aromatic heterocycles. The zero-order valence-corrected chi connectivity index (χ0v) is 20.4. The highest BCUT2D eigenvalue weighted by Crippen LogP contribution is 2.31. The van der Waals surface area contributed by atoms with E-state index in [4.69, 9.17) is 50.4 Å². The lowest BCUT2D eigenvalue weighted by Gasteiger charge is -2.48. The van der Waals surface area contributed by atoms with E-state index < -0.39 is 105 Å². The average molecular weight is 532 g/mol. The number of hydrogen-bond donors (Lipinski definition) is 8. The van der Waals surface area contributed by atoms with Crippen molar-refractivity contribution in [3.8, 4) is 0 Å². The first kappa shape index (κ1) is 31.6. The minimum atomic E-state index is -1.35. The molecule has 0 aromatic rings. The Morgan fingerprint density at radius 2 is 1.06 bits per heavy atom. The lowest BCUT2D eigenvalue weighted by molar-refractivity contribution is -0.345. The highest BCUT2D eigenvalue weighted by molar-refractivity contribution is 4.98. The molecule has 0 bridgehead atoms. The van der Waals surface area contributed by atoms with E-state index in [0.29, 0.717) is 0 Å². The summed E-state index contributed by atoms with van der Waals surface area (Å²) in [6, 6.07) is -3.19. The Bertz CT molecular complexity index is 664. The summed E-state index contributed by atoms with van der Waals surface area (Å²) in [6.45, 7) is 0.626. The molecular formula is C20H41N3O13. The fourth-order valence-electron chi connectivity index (χ4n) is 4.63. The molecule has 36 heavy (non-hydrogen) atoms. The number of aliphatic hydroxyl groups is 5. The zero-order chi connectivity index (χ0) is 26.0. The van der Waals surface area contributed by atoms with Crippen molar-refractivity contribution in [2.45, 2.75) is 98.9 Å². The van der Waals surface area contributed by atoms with Crippen molar-refractivity contribution in [3.63, 3.8) is 0 Å². The van der Waals surface area contributed by atoms with E-state index in [1.54, 1.807) is 6.92 Å². The molecule has 13 N–H and O–H groups in total. The summed E-state index contributed by atoms with van der Waals surface area (Å²) in [7, 11) is 2.70. The van der Waals surface area contributed by atoms with Gasteiger partial charge in [-0.15, -0.1) is 0 Å². The van der Waals surface area contributed by atoms with Gasteiger partial charge in [-0.05, 0) is 6.92 Å². The molecule has 214 valence electrons. The fraction of sp³-hybridized carbons (Fsp3) is 1.00. The van der Waals surface area contributed by atoms with Crippen molar-refractivity contribution in [3.05, 3.63) is 0 Å². The number of nitrogens with two attached hydrogens (primary N) is 3. The van der Waals surface area contributed by atoms with Crippen molar-refractivity contribution < 1.29 is 64.2 Å². The monoisotopic (exact) mass is 531 g/mol. The Hall–Kier alpha value is -0.640. The van der Waals surface area contributed by atoms with Gasteiger partial charge >= 0.3 is 0 Å². The van der Waals surface area contributed by atoms with Gasteiger partial charge < -0.3 is 81.4 Å². The first-order chi connectivity index (χ1) is 16.6. The van der Waals surface area contributed by atoms with Gasteiger partial charge in [0.25, 0.3) is 0 Å². The number of rotatable bonds is 8. The molecule has 3 fully saturated rings. The van der Waals surface area contributed by atoms with E-state index in [-0.39, 0.29) is 5.48 Å². The van der Waals surface area contributed by atoms with Crippen LogP contribution in [0.3, 0.4) is 0 Å². The number of ether oxygens (including phenoxy) is 7. The molecule has 10 unspecified atom stereocenters. The van der Waals surface area contributed by atoms with Gasteiger partial charge in [0.1, 0.15) is 48.8 Å². The Morgan fingerprint density at radius 3 is 1.58 bits per heavy atom. The van der Waals surface area contributed by atoms with Gasteiger partial charge in [-0.1, -0.05) is 0 Å². The Labute approximate surface area is 208 Å². The lowest BCUT2D eigenvalue weighted by atomic mass is 9.95. The third-order valence-corrected chi connectivity index (χ3v) is 6.74. The van der Waals surface area contributed by atoms with Crippen molar-refractivity contribution in [1.29, 1.82) is 0 Å². The topological polar surface area (TPSA) is 275 Å². The predicted molar refractivity (Wildman–Crippen MR) is 119 cm³/mol. The maximum absolute atomic E-state index is 10.9. The van der Waals surface area contributed by atoms with Crippen LogP contribution in [-0.2, 0) is 33.2 Å². The van der Waals surface area contributed by atoms with Gasteiger partial charge in [-0.25, -0.2) is 0 Å². The molecule has 16 nitrogen and oxygen atoms in total. The molecule has 0 radical (unpaired) electrons. The van der Waals surface area contributed by atoms with E-state index >= 15 is 0 Å². The largest absolute Gasteiger partial charge is 0.412 e. The molecule has 0 amide bonds. The van der Waals surface area contributed by atoms with Crippen LogP contribution in [0.2, 0.25) is 0 Å².